The fraction of sp³-hybridized carbons (Fsp3) is 0.842. The topological polar surface area (TPSA) is 75.7 Å². The number of nitrogens with zero attached hydrogens (tertiary/aromatic N) is 1. The van der Waals surface area contributed by atoms with Crippen LogP contribution in [-0.4, -0.2) is 48.4 Å². The summed E-state index contributed by atoms with van der Waals surface area (Å²) in [5, 5.41) is 2.92. The number of carbonyl (C=O) groups excluding carboxylic acids is 3. The van der Waals surface area contributed by atoms with Crippen molar-refractivity contribution in [3.8, 4) is 0 Å². The largest absolute Gasteiger partial charge is 0.466 e. The highest BCUT2D eigenvalue weighted by Crippen LogP contribution is 2.21. The van der Waals surface area contributed by atoms with Crippen LogP contribution in [0.3, 0.4) is 0 Å². The van der Waals surface area contributed by atoms with Gasteiger partial charge in [-0.1, -0.05) is 33.6 Å². The highest BCUT2D eigenvalue weighted by atomic mass is 16.5. The number of hydrogen-bond donors (Lipinski definition) is 1. The summed E-state index contributed by atoms with van der Waals surface area (Å²) in [7, 11) is 0. The van der Waals surface area contributed by atoms with E-state index < -0.39 is 6.04 Å². The molecule has 1 rings (SSSR count). The molecule has 6 nitrogen and oxygen atoms in total. The molecule has 3 unspecified atom stereocenters. The number of carbonyl (C=O) groups is 3. The van der Waals surface area contributed by atoms with E-state index in [1.165, 1.54) is 0 Å². The van der Waals surface area contributed by atoms with Crippen molar-refractivity contribution in [2.45, 2.75) is 72.3 Å². The second kappa shape index (κ2) is 11.1. The Morgan fingerprint density at radius 1 is 1.24 bits per heavy atom. The van der Waals surface area contributed by atoms with Crippen LogP contribution in [0.4, 0.5) is 0 Å². The van der Waals surface area contributed by atoms with E-state index in [2.05, 4.69) is 5.32 Å². The summed E-state index contributed by atoms with van der Waals surface area (Å²) in [5.74, 6) is -0.577. The summed E-state index contributed by atoms with van der Waals surface area (Å²) >= 11 is 0. The Bertz CT molecular complexity index is 453. The number of unbranched alkanes of at least 4 members (excludes halogenated alkanes) is 1. The van der Waals surface area contributed by atoms with Crippen molar-refractivity contribution < 1.29 is 19.1 Å². The van der Waals surface area contributed by atoms with Gasteiger partial charge in [0, 0.05) is 19.5 Å². The highest BCUT2D eigenvalue weighted by molar-refractivity contribution is 5.88. The van der Waals surface area contributed by atoms with Crippen molar-refractivity contribution in [3.05, 3.63) is 0 Å². The summed E-state index contributed by atoms with van der Waals surface area (Å²) in [6, 6.07) is -0.518. The molecule has 1 N–H and O–H groups in total. The molecular weight excluding hydrogens is 320 g/mol. The van der Waals surface area contributed by atoms with Crippen LogP contribution in [0.1, 0.15) is 66.2 Å². The Hall–Kier alpha value is -1.59. The maximum Gasteiger partial charge on any atom is 0.310 e. The number of piperidine rings is 1. The summed E-state index contributed by atoms with van der Waals surface area (Å²) < 4.78 is 5.10. The predicted molar refractivity (Wildman–Crippen MR) is 96.8 cm³/mol. The molecule has 0 spiro atoms. The van der Waals surface area contributed by atoms with E-state index in [1.54, 1.807) is 11.8 Å². The lowest BCUT2D eigenvalue weighted by Crippen LogP contribution is -2.54. The first-order chi connectivity index (χ1) is 11.9. The SMILES string of the molecule is CCCCC(=O)NC(C(=O)N1CCCC(C(=O)OCC)C1)C(C)CC. The van der Waals surface area contributed by atoms with Gasteiger partial charge in [-0.05, 0) is 32.1 Å². The first-order valence-electron chi connectivity index (χ1n) is 9.69. The smallest absolute Gasteiger partial charge is 0.310 e. The molecule has 25 heavy (non-hydrogen) atoms. The van der Waals surface area contributed by atoms with E-state index in [0.29, 0.717) is 26.1 Å². The van der Waals surface area contributed by atoms with Crippen LogP contribution < -0.4 is 5.32 Å². The Balaban J connectivity index is 2.75. The van der Waals surface area contributed by atoms with Gasteiger partial charge in [-0.3, -0.25) is 14.4 Å². The van der Waals surface area contributed by atoms with Crippen LogP contribution in [0.25, 0.3) is 0 Å². The molecule has 2 amide bonds. The minimum absolute atomic E-state index is 0.0565. The molecule has 0 aromatic carbocycles. The third-order valence-electron chi connectivity index (χ3n) is 4.91. The van der Waals surface area contributed by atoms with Gasteiger partial charge in [0.2, 0.25) is 11.8 Å². The Labute approximate surface area is 151 Å². The third kappa shape index (κ3) is 6.67. The lowest BCUT2D eigenvalue weighted by atomic mass is 9.94. The van der Waals surface area contributed by atoms with Crippen LogP contribution in [0.15, 0.2) is 0 Å². The molecule has 3 atom stereocenters. The minimum Gasteiger partial charge on any atom is -0.466 e. The molecule has 0 saturated carbocycles. The molecule has 1 fully saturated rings. The van der Waals surface area contributed by atoms with Gasteiger partial charge in [0.25, 0.3) is 0 Å². The first kappa shape index (κ1) is 21.5. The number of likely N-dealkylation sites (tertiary alicyclic amines) is 1. The van der Waals surface area contributed by atoms with Gasteiger partial charge in [-0.2, -0.15) is 0 Å². The van der Waals surface area contributed by atoms with Crippen molar-refractivity contribution in [3.63, 3.8) is 0 Å². The van der Waals surface area contributed by atoms with Gasteiger partial charge in [-0.15, -0.1) is 0 Å². The van der Waals surface area contributed by atoms with E-state index in [1.807, 2.05) is 20.8 Å². The van der Waals surface area contributed by atoms with Gasteiger partial charge >= 0.3 is 5.97 Å². The van der Waals surface area contributed by atoms with E-state index in [-0.39, 0.29) is 29.6 Å². The number of nitrogens with one attached hydrogen (secondary N) is 1. The zero-order valence-electron chi connectivity index (χ0n) is 16.2. The predicted octanol–water partition coefficient (Wildman–Crippen LogP) is 2.51. The maximum atomic E-state index is 13.0. The highest BCUT2D eigenvalue weighted by Gasteiger charge is 2.34. The van der Waals surface area contributed by atoms with E-state index in [9.17, 15) is 14.4 Å². The molecule has 1 aliphatic rings. The Kier molecular flexibility index (Phi) is 9.53. The second-order valence-corrected chi connectivity index (χ2v) is 6.91. The fourth-order valence-electron chi connectivity index (χ4n) is 3.09. The normalized spacial score (nSPS) is 19.8. The second-order valence-electron chi connectivity index (χ2n) is 6.91. The van der Waals surface area contributed by atoms with Gasteiger partial charge in [0.05, 0.1) is 12.5 Å². The first-order valence-corrected chi connectivity index (χ1v) is 9.69. The van der Waals surface area contributed by atoms with Crippen LogP contribution >= 0.6 is 0 Å². The molecule has 0 aliphatic carbocycles. The van der Waals surface area contributed by atoms with Crippen LogP contribution in [0.2, 0.25) is 0 Å². The molecule has 0 radical (unpaired) electrons. The summed E-state index contributed by atoms with van der Waals surface area (Å²) in [6.07, 6.45) is 4.55. The summed E-state index contributed by atoms with van der Waals surface area (Å²) in [5.41, 5.74) is 0. The monoisotopic (exact) mass is 354 g/mol. The van der Waals surface area contributed by atoms with Crippen LogP contribution in [-0.2, 0) is 19.1 Å². The zero-order valence-corrected chi connectivity index (χ0v) is 16.2. The van der Waals surface area contributed by atoms with Crippen molar-refractivity contribution in [1.29, 1.82) is 0 Å². The lowest BCUT2D eigenvalue weighted by molar-refractivity contribution is -0.152. The fourth-order valence-corrected chi connectivity index (χ4v) is 3.09. The summed E-state index contributed by atoms with van der Waals surface area (Å²) in [6.45, 7) is 9.19. The van der Waals surface area contributed by atoms with Crippen LogP contribution in [0, 0.1) is 11.8 Å². The van der Waals surface area contributed by atoms with Crippen molar-refractivity contribution in [1.82, 2.24) is 10.2 Å². The van der Waals surface area contributed by atoms with Gasteiger partial charge < -0.3 is 15.0 Å². The number of amides is 2. The van der Waals surface area contributed by atoms with Crippen LogP contribution in [0.5, 0.6) is 0 Å². The molecule has 1 aliphatic heterocycles. The molecule has 1 saturated heterocycles. The standard InChI is InChI=1S/C19H34N2O4/c1-5-8-11-16(22)20-17(14(4)6-2)18(23)21-12-9-10-15(13-21)19(24)25-7-3/h14-15,17H,5-13H2,1-4H3,(H,20,22). The molecule has 0 bridgehead atoms. The molecular formula is C19H34N2O4. The molecule has 144 valence electrons. The van der Waals surface area contributed by atoms with Gasteiger partial charge in [0.15, 0.2) is 0 Å². The Morgan fingerprint density at radius 3 is 2.56 bits per heavy atom. The maximum absolute atomic E-state index is 13.0. The van der Waals surface area contributed by atoms with E-state index in [4.69, 9.17) is 4.74 Å². The molecule has 0 aromatic rings. The van der Waals surface area contributed by atoms with Crippen molar-refractivity contribution in [2.24, 2.45) is 11.8 Å². The zero-order chi connectivity index (χ0) is 18.8. The van der Waals surface area contributed by atoms with E-state index >= 15 is 0 Å². The van der Waals surface area contributed by atoms with Crippen molar-refractivity contribution >= 4 is 17.8 Å². The number of esters is 1. The lowest BCUT2D eigenvalue weighted by Gasteiger charge is -2.35. The third-order valence-corrected chi connectivity index (χ3v) is 4.91. The molecule has 1 heterocycles. The van der Waals surface area contributed by atoms with Gasteiger partial charge in [-0.25, -0.2) is 0 Å². The number of rotatable bonds is 9. The van der Waals surface area contributed by atoms with Crippen molar-refractivity contribution in [2.75, 3.05) is 19.7 Å². The van der Waals surface area contributed by atoms with Gasteiger partial charge in [0.1, 0.15) is 6.04 Å². The average Bonchev–Trinajstić information content (AvgIpc) is 2.63. The summed E-state index contributed by atoms with van der Waals surface area (Å²) in [4.78, 5) is 38.8. The quantitative estimate of drug-likeness (QED) is 0.646. The minimum atomic E-state index is -0.518. The Morgan fingerprint density at radius 2 is 1.96 bits per heavy atom. The number of ether oxygens (including phenoxy) is 1. The number of hydrogen-bond acceptors (Lipinski definition) is 4. The molecule has 0 aromatic heterocycles. The molecule has 6 heteroatoms. The average molecular weight is 354 g/mol. The van der Waals surface area contributed by atoms with E-state index in [0.717, 1.165) is 32.1 Å².